The molecule has 3 aromatic carbocycles. The molecule has 3 nitrogen and oxygen atoms in total. The molecule has 2 aliphatic rings. The Morgan fingerprint density at radius 3 is 2.19 bits per heavy atom. The van der Waals surface area contributed by atoms with E-state index in [2.05, 4.69) is 0 Å². The maximum absolute atomic E-state index is 14.8. The number of aliphatic hydroxyl groups excluding tert-OH is 1. The second kappa shape index (κ2) is 10.5. The molecule has 1 saturated heterocycles. The van der Waals surface area contributed by atoms with E-state index in [0.29, 0.717) is 37.9 Å². The van der Waals surface area contributed by atoms with Crippen LogP contribution in [0.1, 0.15) is 73.0 Å². The Kier molecular flexibility index (Phi) is 7.34. The number of rotatable bonds is 7. The van der Waals surface area contributed by atoms with Crippen LogP contribution in [0, 0.1) is 29.1 Å². The average molecular weight is 519 g/mol. The molecule has 5 rings (SSSR count). The Bertz CT molecular complexity index is 1300. The summed E-state index contributed by atoms with van der Waals surface area (Å²) >= 11 is 0. The van der Waals surface area contributed by atoms with Gasteiger partial charge in [-0.15, -0.1) is 0 Å². The van der Waals surface area contributed by atoms with Crippen LogP contribution in [0.25, 0.3) is 11.1 Å². The zero-order chi connectivity index (χ0) is 26.3. The molecule has 1 aliphatic heterocycles. The summed E-state index contributed by atoms with van der Waals surface area (Å²) in [5.74, 6) is -4.70. The molecule has 2 unspecified atom stereocenters. The summed E-state index contributed by atoms with van der Waals surface area (Å²) < 4.78 is 83.5. The molecule has 0 radical (unpaired) electrons. The number of epoxide rings is 1. The van der Waals surface area contributed by atoms with Crippen molar-refractivity contribution in [2.24, 2.45) is 0 Å². The van der Waals surface area contributed by atoms with Crippen LogP contribution in [0.5, 0.6) is 0 Å². The summed E-state index contributed by atoms with van der Waals surface area (Å²) in [7, 11) is 0. The van der Waals surface area contributed by atoms with E-state index >= 15 is 0 Å². The minimum atomic E-state index is -1.09. The van der Waals surface area contributed by atoms with Crippen molar-refractivity contribution in [3.8, 4) is 11.1 Å². The maximum Gasteiger partial charge on any atom is 0.167 e. The molecule has 0 amide bonds. The predicted molar refractivity (Wildman–Crippen MR) is 127 cm³/mol. The third kappa shape index (κ3) is 5.28. The van der Waals surface area contributed by atoms with Gasteiger partial charge in [0.1, 0.15) is 11.9 Å². The fraction of sp³-hybridized carbons (Fsp3) is 0.379. The summed E-state index contributed by atoms with van der Waals surface area (Å²) in [5.41, 5.74) is 0.865. The van der Waals surface area contributed by atoms with Gasteiger partial charge >= 0.3 is 0 Å². The first-order valence-electron chi connectivity index (χ1n) is 12.4. The molecule has 0 bridgehead atoms. The summed E-state index contributed by atoms with van der Waals surface area (Å²) in [5, 5.41) is 9.58. The van der Waals surface area contributed by atoms with Crippen molar-refractivity contribution in [1.29, 1.82) is 0 Å². The van der Waals surface area contributed by atoms with Crippen molar-refractivity contribution in [3.05, 3.63) is 93.8 Å². The SMILES string of the molecule is CC(O)c1ccc(C2CCC(OCc3ccc(-c4ccc(C5CO5)c(F)c4F)cc3F)CC2)c(F)c1F. The van der Waals surface area contributed by atoms with Crippen molar-refractivity contribution in [3.63, 3.8) is 0 Å². The van der Waals surface area contributed by atoms with Gasteiger partial charge in [0.2, 0.25) is 0 Å². The van der Waals surface area contributed by atoms with E-state index in [1.54, 1.807) is 0 Å². The fourth-order valence-electron chi connectivity index (χ4n) is 5.06. The Morgan fingerprint density at radius 1 is 0.865 bits per heavy atom. The summed E-state index contributed by atoms with van der Waals surface area (Å²) in [6, 6.07) is 10.0. The van der Waals surface area contributed by atoms with Gasteiger partial charge in [-0.3, -0.25) is 0 Å². The van der Waals surface area contributed by atoms with Gasteiger partial charge in [-0.1, -0.05) is 36.4 Å². The van der Waals surface area contributed by atoms with Crippen molar-refractivity contribution >= 4 is 0 Å². The van der Waals surface area contributed by atoms with E-state index in [9.17, 15) is 27.1 Å². The van der Waals surface area contributed by atoms with Crippen molar-refractivity contribution in [2.75, 3.05) is 6.61 Å². The molecule has 196 valence electrons. The highest BCUT2D eigenvalue weighted by molar-refractivity contribution is 5.65. The standard InChI is InChI=1S/C29H27F5O3/c1-15(35)20-8-9-21(27(32)26(20)31)16-4-6-19(7-5-16)36-13-18-3-2-17(12-24(18)30)22-10-11-23(25-14-37-25)29(34)28(22)33/h2-3,8-12,15-16,19,25,35H,4-7,13-14H2,1H3. The minimum Gasteiger partial charge on any atom is -0.389 e. The van der Waals surface area contributed by atoms with E-state index in [0.717, 1.165) is 6.07 Å². The van der Waals surface area contributed by atoms with Crippen LogP contribution in [-0.2, 0) is 16.1 Å². The Hall–Kier alpha value is -2.81. The molecule has 8 heteroatoms. The molecule has 37 heavy (non-hydrogen) atoms. The summed E-state index contributed by atoms with van der Waals surface area (Å²) in [6.45, 7) is 1.74. The second-order valence-corrected chi connectivity index (χ2v) is 9.79. The van der Waals surface area contributed by atoms with Gasteiger partial charge in [-0.2, -0.15) is 0 Å². The molecule has 3 aromatic rings. The third-order valence-electron chi connectivity index (χ3n) is 7.34. The largest absolute Gasteiger partial charge is 0.389 e. The smallest absolute Gasteiger partial charge is 0.167 e. The van der Waals surface area contributed by atoms with Crippen LogP contribution in [-0.4, -0.2) is 17.8 Å². The summed E-state index contributed by atoms with van der Waals surface area (Å²) in [6.07, 6.45) is 0.697. The lowest BCUT2D eigenvalue weighted by atomic mass is 9.82. The van der Waals surface area contributed by atoms with Crippen molar-refractivity contribution in [2.45, 2.75) is 63.4 Å². The topological polar surface area (TPSA) is 42.0 Å². The highest BCUT2D eigenvalue weighted by Gasteiger charge is 2.30. The van der Waals surface area contributed by atoms with Crippen molar-refractivity contribution < 1.29 is 36.5 Å². The Labute approximate surface area is 211 Å². The highest BCUT2D eigenvalue weighted by Crippen LogP contribution is 2.38. The first kappa shape index (κ1) is 25.8. The zero-order valence-corrected chi connectivity index (χ0v) is 20.2. The fourth-order valence-corrected chi connectivity index (χ4v) is 5.06. The summed E-state index contributed by atoms with van der Waals surface area (Å²) in [4.78, 5) is 0. The number of halogens is 5. The van der Waals surface area contributed by atoms with E-state index in [4.69, 9.17) is 9.47 Å². The van der Waals surface area contributed by atoms with E-state index in [-0.39, 0.29) is 46.4 Å². The molecular formula is C29H27F5O3. The van der Waals surface area contributed by atoms with Gasteiger partial charge in [0.25, 0.3) is 0 Å². The van der Waals surface area contributed by atoms with Crippen LogP contribution in [0.4, 0.5) is 22.0 Å². The predicted octanol–water partition coefficient (Wildman–Crippen LogP) is 7.42. The molecule has 2 atom stereocenters. The molecular weight excluding hydrogens is 491 g/mol. The first-order chi connectivity index (χ1) is 17.7. The minimum absolute atomic E-state index is 0.00230. The van der Waals surface area contributed by atoms with Crippen LogP contribution in [0.2, 0.25) is 0 Å². The van der Waals surface area contributed by atoms with Crippen LogP contribution >= 0.6 is 0 Å². The first-order valence-corrected chi connectivity index (χ1v) is 12.4. The van der Waals surface area contributed by atoms with Gasteiger partial charge in [0, 0.05) is 22.3 Å². The molecule has 1 N–H and O–H groups in total. The number of hydrogen-bond donors (Lipinski definition) is 1. The van der Waals surface area contributed by atoms with Crippen LogP contribution in [0.3, 0.4) is 0 Å². The quantitative estimate of drug-likeness (QED) is 0.262. The monoisotopic (exact) mass is 518 g/mol. The van der Waals surface area contributed by atoms with E-state index in [1.807, 2.05) is 0 Å². The lowest BCUT2D eigenvalue weighted by Gasteiger charge is -2.29. The number of benzene rings is 3. The van der Waals surface area contributed by atoms with E-state index in [1.165, 1.54) is 43.3 Å². The number of hydrogen-bond acceptors (Lipinski definition) is 3. The number of aliphatic hydroxyl groups is 1. The second-order valence-electron chi connectivity index (χ2n) is 9.79. The van der Waals surface area contributed by atoms with E-state index < -0.39 is 41.3 Å². The molecule has 1 heterocycles. The van der Waals surface area contributed by atoms with Crippen LogP contribution in [0.15, 0.2) is 42.5 Å². The number of ether oxygens (including phenoxy) is 2. The van der Waals surface area contributed by atoms with Gasteiger partial charge in [0.05, 0.1) is 25.4 Å². The Balaban J connectivity index is 1.19. The normalized spacial score (nSPS) is 22.2. The highest BCUT2D eigenvalue weighted by atomic mass is 19.2. The Morgan fingerprint density at radius 2 is 1.54 bits per heavy atom. The molecule has 1 saturated carbocycles. The lowest BCUT2D eigenvalue weighted by Crippen LogP contribution is -2.22. The van der Waals surface area contributed by atoms with Gasteiger partial charge in [-0.05, 0) is 55.7 Å². The van der Waals surface area contributed by atoms with Crippen LogP contribution < -0.4 is 0 Å². The molecule has 0 spiro atoms. The van der Waals surface area contributed by atoms with Gasteiger partial charge in [0.15, 0.2) is 23.3 Å². The maximum atomic E-state index is 14.8. The average Bonchev–Trinajstić information content (AvgIpc) is 3.72. The lowest BCUT2D eigenvalue weighted by molar-refractivity contribution is 0.0119. The molecule has 0 aromatic heterocycles. The molecule has 1 aliphatic carbocycles. The van der Waals surface area contributed by atoms with Crippen molar-refractivity contribution in [1.82, 2.24) is 0 Å². The zero-order valence-electron chi connectivity index (χ0n) is 20.2. The third-order valence-corrected chi connectivity index (χ3v) is 7.34. The van der Waals surface area contributed by atoms with Gasteiger partial charge < -0.3 is 14.6 Å². The van der Waals surface area contributed by atoms with Gasteiger partial charge in [-0.25, -0.2) is 22.0 Å². The molecule has 2 fully saturated rings.